The molecule has 3 aliphatic rings. The lowest BCUT2D eigenvalue weighted by molar-refractivity contribution is -0.120. The van der Waals surface area contributed by atoms with Crippen LogP contribution in [0, 0.1) is 0 Å². The maximum absolute atomic E-state index is 11.4. The second-order valence-electron chi connectivity index (χ2n) is 9.37. The average Bonchev–Trinajstić information content (AvgIpc) is 3.35. The predicted molar refractivity (Wildman–Crippen MR) is 150 cm³/mol. The van der Waals surface area contributed by atoms with Gasteiger partial charge in [-0.1, -0.05) is 31.5 Å². The number of hydrogen-bond donors (Lipinski definition) is 1. The molecule has 3 aromatic rings. The molecule has 194 valence electrons. The van der Waals surface area contributed by atoms with Gasteiger partial charge >= 0.3 is 0 Å². The van der Waals surface area contributed by atoms with E-state index in [0.717, 1.165) is 50.7 Å². The molecule has 2 aliphatic heterocycles. The number of thiophene rings is 1. The van der Waals surface area contributed by atoms with Crippen LogP contribution in [0.25, 0.3) is 10.1 Å². The Bertz CT molecular complexity index is 1170. The Morgan fingerprint density at radius 3 is 2.44 bits per heavy atom. The van der Waals surface area contributed by atoms with E-state index in [1.807, 2.05) is 44.2 Å². The number of carbonyl (C=O) groups is 1. The Balaban J connectivity index is 0.000000159. The van der Waals surface area contributed by atoms with Gasteiger partial charge in [0.15, 0.2) is 11.5 Å². The van der Waals surface area contributed by atoms with E-state index >= 15 is 0 Å². The molecule has 36 heavy (non-hydrogen) atoms. The van der Waals surface area contributed by atoms with Crippen LogP contribution in [0.5, 0.6) is 11.5 Å². The Hall–Kier alpha value is -2.28. The smallest absolute Gasteiger partial charge is 0.228 e. The van der Waals surface area contributed by atoms with E-state index in [-0.39, 0.29) is 11.3 Å². The lowest BCUT2D eigenvalue weighted by atomic mass is 10.0. The number of fused-ring (bicyclic) bond motifs is 2. The zero-order valence-electron chi connectivity index (χ0n) is 21.4. The summed E-state index contributed by atoms with van der Waals surface area (Å²) < 4.78 is 12.3. The molecule has 1 saturated carbocycles. The summed E-state index contributed by atoms with van der Waals surface area (Å²) >= 11 is 7.58. The van der Waals surface area contributed by atoms with Gasteiger partial charge in [-0.3, -0.25) is 4.79 Å². The summed E-state index contributed by atoms with van der Waals surface area (Å²) in [4.78, 5) is 15.1. The van der Waals surface area contributed by atoms with E-state index in [1.165, 1.54) is 44.5 Å². The lowest BCUT2D eigenvalue weighted by Crippen LogP contribution is -2.27. The van der Waals surface area contributed by atoms with Crippen LogP contribution in [-0.4, -0.2) is 43.7 Å². The minimum Gasteiger partial charge on any atom is -0.486 e. The first kappa shape index (κ1) is 26.8. The Kier molecular flexibility index (Phi) is 9.15. The van der Waals surface area contributed by atoms with Crippen molar-refractivity contribution in [2.24, 2.45) is 5.73 Å². The topological polar surface area (TPSA) is 64.8 Å². The van der Waals surface area contributed by atoms with E-state index in [4.69, 9.17) is 26.8 Å². The number of nitrogens with zero attached hydrogens (tertiary/aromatic N) is 1. The number of primary amides is 1. The van der Waals surface area contributed by atoms with Gasteiger partial charge in [-0.05, 0) is 106 Å². The van der Waals surface area contributed by atoms with Crippen LogP contribution in [0.2, 0.25) is 5.02 Å². The summed E-state index contributed by atoms with van der Waals surface area (Å²) in [6, 6.07) is 14.2. The fraction of sp³-hybridized carbons (Fsp3) is 0.483. The summed E-state index contributed by atoms with van der Waals surface area (Å²) in [6.07, 6.45) is 6.88. The molecule has 2 fully saturated rings. The molecule has 2 N–H and O–H groups in total. The normalized spacial score (nSPS) is 17.5. The Labute approximate surface area is 223 Å². The third kappa shape index (κ3) is 6.34. The van der Waals surface area contributed by atoms with Gasteiger partial charge in [-0.15, -0.1) is 11.3 Å². The first-order valence-electron chi connectivity index (χ1n) is 13.1. The van der Waals surface area contributed by atoms with Crippen molar-refractivity contribution >= 4 is 38.9 Å². The minimum atomic E-state index is -0.379. The zero-order valence-corrected chi connectivity index (χ0v) is 22.9. The van der Waals surface area contributed by atoms with Crippen LogP contribution >= 0.6 is 22.9 Å². The quantitative estimate of drug-likeness (QED) is 0.392. The molecule has 0 radical (unpaired) electrons. The number of rotatable bonds is 6. The van der Waals surface area contributed by atoms with Crippen LogP contribution in [0.4, 0.5) is 0 Å². The minimum absolute atomic E-state index is 0.204. The van der Waals surface area contributed by atoms with Gasteiger partial charge in [0.1, 0.15) is 13.2 Å². The molecule has 5 nitrogen and oxygen atoms in total. The summed E-state index contributed by atoms with van der Waals surface area (Å²) in [5, 5.41) is 1.82. The number of likely N-dealkylation sites (tertiary alicyclic amines) is 1. The van der Waals surface area contributed by atoms with E-state index in [0.29, 0.717) is 13.2 Å². The number of amides is 1. The highest BCUT2D eigenvalue weighted by molar-refractivity contribution is 7.19. The van der Waals surface area contributed by atoms with Crippen LogP contribution < -0.4 is 15.2 Å². The van der Waals surface area contributed by atoms with Crippen molar-refractivity contribution in [1.82, 2.24) is 4.90 Å². The first-order valence-corrected chi connectivity index (χ1v) is 14.3. The first-order chi connectivity index (χ1) is 17.5. The van der Waals surface area contributed by atoms with Gasteiger partial charge in [0.25, 0.3) is 0 Å². The number of benzene rings is 2. The fourth-order valence-corrected chi connectivity index (χ4v) is 6.22. The van der Waals surface area contributed by atoms with Crippen LogP contribution in [0.15, 0.2) is 42.5 Å². The van der Waals surface area contributed by atoms with Crippen molar-refractivity contribution in [2.45, 2.75) is 57.8 Å². The predicted octanol–water partition coefficient (Wildman–Crippen LogP) is 6.58. The van der Waals surface area contributed by atoms with Crippen molar-refractivity contribution in [2.75, 3.05) is 32.8 Å². The molecular weight excluding hydrogens is 492 g/mol. The van der Waals surface area contributed by atoms with E-state index in [2.05, 4.69) is 17.0 Å². The van der Waals surface area contributed by atoms with Gasteiger partial charge in [0.05, 0.1) is 5.41 Å². The molecule has 1 saturated heterocycles. The van der Waals surface area contributed by atoms with Crippen LogP contribution in [-0.2, 0) is 16.6 Å². The van der Waals surface area contributed by atoms with Gasteiger partial charge in [0, 0.05) is 14.6 Å². The van der Waals surface area contributed by atoms with Gasteiger partial charge < -0.3 is 20.1 Å². The summed E-state index contributed by atoms with van der Waals surface area (Å²) in [7, 11) is 0. The second kappa shape index (κ2) is 12.3. The molecule has 2 aromatic carbocycles. The fourth-order valence-electron chi connectivity index (χ4n) is 4.75. The molecule has 0 unspecified atom stereocenters. The number of halogens is 1. The maximum atomic E-state index is 11.4. The molecule has 1 aliphatic carbocycles. The highest BCUT2D eigenvalue weighted by Gasteiger charge is 2.51. The standard InChI is InChI=1S/C15H21NO2.C12H10ClNOS.C2H6/c1-2-8-16(7-1)9-3-4-13-5-6-14-15(12-13)18-11-10-17-14;13-8-1-2-9-7(5-8)6-10(16-9)12(3-4-12)11(14)15;1-2/h5-6,12H,1-4,7-11H2;1-2,5-6H,3-4H2,(H2,14,15);1-2H3. The summed E-state index contributed by atoms with van der Waals surface area (Å²) in [5.41, 5.74) is 6.44. The van der Waals surface area contributed by atoms with Crippen molar-refractivity contribution < 1.29 is 14.3 Å². The molecule has 0 atom stereocenters. The molecule has 1 amide bonds. The molecule has 6 rings (SSSR count). The Morgan fingerprint density at radius 1 is 1.03 bits per heavy atom. The van der Waals surface area contributed by atoms with Gasteiger partial charge in [0.2, 0.25) is 5.91 Å². The highest BCUT2D eigenvalue weighted by atomic mass is 35.5. The zero-order chi connectivity index (χ0) is 25.5. The maximum Gasteiger partial charge on any atom is 0.228 e. The number of ether oxygens (including phenoxy) is 2. The molecular formula is C29H37ClN2O3S. The summed E-state index contributed by atoms with van der Waals surface area (Å²) in [6.45, 7) is 9.16. The summed E-state index contributed by atoms with van der Waals surface area (Å²) in [5.74, 6) is 1.61. The largest absolute Gasteiger partial charge is 0.486 e. The van der Waals surface area contributed by atoms with Crippen LogP contribution in [0.3, 0.4) is 0 Å². The van der Waals surface area contributed by atoms with Gasteiger partial charge in [-0.2, -0.15) is 0 Å². The molecule has 7 heteroatoms. The second-order valence-corrected chi connectivity index (χ2v) is 10.9. The van der Waals surface area contributed by atoms with Crippen LogP contribution in [0.1, 0.15) is 56.4 Å². The third-order valence-electron chi connectivity index (χ3n) is 6.92. The van der Waals surface area contributed by atoms with Crippen molar-refractivity contribution in [1.29, 1.82) is 0 Å². The van der Waals surface area contributed by atoms with Gasteiger partial charge in [-0.25, -0.2) is 0 Å². The Morgan fingerprint density at radius 2 is 1.75 bits per heavy atom. The SMILES string of the molecule is CC.NC(=O)C1(c2cc3cc(Cl)ccc3s2)CC1.c1cc2c(cc1CCCN1CCCC1)OCCO2. The number of aryl methyl sites for hydroxylation is 1. The molecule has 3 heterocycles. The molecule has 1 aromatic heterocycles. The number of nitrogens with two attached hydrogens (primary N) is 1. The molecule has 0 bridgehead atoms. The third-order valence-corrected chi connectivity index (χ3v) is 8.47. The highest BCUT2D eigenvalue weighted by Crippen LogP contribution is 2.51. The molecule has 0 spiro atoms. The van der Waals surface area contributed by atoms with E-state index in [9.17, 15) is 4.79 Å². The van der Waals surface area contributed by atoms with E-state index < -0.39 is 0 Å². The monoisotopic (exact) mass is 528 g/mol. The number of carbonyl (C=O) groups excluding carboxylic acids is 1. The average molecular weight is 529 g/mol. The van der Waals surface area contributed by atoms with E-state index in [1.54, 1.807) is 11.3 Å². The van der Waals surface area contributed by atoms with Crippen molar-refractivity contribution in [3.63, 3.8) is 0 Å². The van der Waals surface area contributed by atoms with Crippen molar-refractivity contribution in [3.05, 3.63) is 57.9 Å². The lowest BCUT2D eigenvalue weighted by Gasteiger charge is -2.19. The number of hydrogen-bond acceptors (Lipinski definition) is 5. The van der Waals surface area contributed by atoms with Crippen molar-refractivity contribution in [3.8, 4) is 11.5 Å².